The highest BCUT2D eigenvalue weighted by Gasteiger charge is 2.51. The summed E-state index contributed by atoms with van der Waals surface area (Å²) in [4.78, 5) is 48.4. The fourth-order valence-electron chi connectivity index (χ4n) is 5.99. The van der Waals surface area contributed by atoms with Crippen LogP contribution in [0.1, 0.15) is 74.7 Å². The topological polar surface area (TPSA) is 150 Å². The van der Waals surface area contributed by atoms with Crippen molar-refractivity contribution in [1.29, 1.82) is 0 Å². The summed E-state index contributed by atoms with van der Waals surface area (Å²) in [7, 11) is 0. The van der Waals surface area contributed by atoms with Crippen molar-refractivity contribution in [1.82, 2.24) is 25.9 Å². The summed E-state index contributed by atoms with van der Waals surface area (Å²) in [5, 5.41) is 8.40. The lowest BCUT2D eigenvalue weighted by molar-refractivity contribution is -0.203. The quantitative estimate of drug-likeness (QED) is 0.0963. The Labute approximate surface area is 258 Å². The molecule has 0 bridgehead atoms. The van der Waals surface area contributed by atoms with E-state index in [0.29, 0.717) is 44.4 Å². The zero-order valence-corrected chi connectivity index (χ0v) is 25.6. The summed E-state index contributed by atoms with van der Waals surface area (Å²) in [6.45, 7) is 4.22. The number of ketones is 1. The Morgan fingerprint density at radius 2 is 1.80 bits per heavy atom. The maximum Gasteiger partial charge on any atom is 0.249 e. The van der Waals surface area contributed by atoms with Gasteiger partial charge in [0, 0.05) is 19.2 Å². The molecule has 236 valence electrons. The third-order valence-electron chi connectivity index (χ3n) is 8.21. The van der Waals surface area contributed by atoms with E-state index in [2.05, 4.69) is 21.2 Å². The van der Waals surface area contributed by atoms with Gasteiger partial charge < -0.3 is 4.74 Å². The molecule has 2 aromatic carbocycles. The van der Waals surface area contributed by atoms with E-state index in [1.807, 2.05) is 67.6 Å². The number of aromatic nitrogens is 3. The van der Waals surface area contributed by atoms with Crippen LogP contribution in [0.3, 0.4) is 0 Å². The normalized spacial score (nSPS) is 17.7. The number of hydrogen-bond donors (Lipinski definition) is 3. The Morgan fingerprint density at radius 1 is 1.09 bits per heavy atom. The van der Waals surface area contributed by atoms with E-state index in [0.717, 1.165) is 24.0 Å². The summed E-state index contributed by atoms with van der Waals surface area (Å²) < 4.78 is 7.06. The first-order valence-electron chi connectivity index (χ1n) is 15.5. The van der Waals surface area contributed by atoms with Crippen LogP contribution in [0.4, 0.5) is 0 Å². The van der Waals surface area contributed by atoms with Crippen LogP contribution in [0.25, 0.3) is 0 Å². The van der Waals surface area contributed by atoms with Gasteiger partial charge in [0.1, 0.15) is 11.5 Å². The molecule has 2 amide bonds. The summed E-state index contributed by atoms with van der Waals surface area (Å²) in [6, 6.07) is 18.1. The molecule has 4 atom stereocenters. The molecule has 1 saturated heterocycles. The average molecular weight is 605 g/mol. The van der Waals surface area contributed by atoms with Gasteiger partial charge in [-0.05, 0) is 63.0 Å². The minimum absolute atomic E-state index is 0.110. The van der Waals surface area contributed by atoms with Crippen molar-refractivity contribution in [2.75, 3.05) is 6.61 Å². The number of carbonyl (C=O) groups excluding carboxylic acids is 3. The highest BCUT2D eigenvalue weighted by Crippen LogP contribution is 2.39. The lowest BCUT2D eigenvalue weighted by Crippen LogP contribution is -2.54. The Morgan fingerprint density at radius 3 is 2.39 bits per heavy atom. The minimum Gasteiger partial charge on any atom is -0.350 e. The first kappa shape index (κ1) is 33.0. The summed E-state index contributed by atoms with van der Waals surface area (Å²) in [5.74, 6) is 3.25. The predicted molar refractivity (Wildman–Crippen MR) is 164 cm³/mol. The van der Waals surface area contributed by atoms with Gasteiger partial charge in [-0.1, -0.05) is 79.2 Å². The van der Waals surface area contributed by atoms with E-state index in [1.54, 1.807) is 13.1 Å². The van der Waals surface area contributed by atoms with Crippen molar-refractivity contribution < 1.29 is 24.0 Å². The van der Waals surface area contributed by atoms with Gasteiger partial charge in [-0.25, -0.2) is 20.8 Å². The minimum atomic E-state index is -1.57. The second kappa shape index (κ2) is 16.2. The van der Waals surface area contributed by atoms with E-state index in [1.165, 1.54) is 4.68 Å². The Kier molecular flexibility index (Phi) is 12.2. The maximum atomic E-state index is 15.0. The number of hydroxylamine groups is 1. The first-order valence-corrected chi connectivity index (χ1v) is 15.5. The van der Waals surface area contributed by atoms with Crippen molar-refractivity contribution in [3.05, 3.63) is 83.7 Å². The van der Waals surface area contributed by atoms with Crippen LogP contribution >= 0.6 is 0 Å². The van der Waals surface area contributed by atoms with Crippen molar-refractivity contribution in [3.63, 3.8) is 0 Å². The number of nitrogens with zero attached hydrogens (tertiary/aromatic N) is 3. The van der Waals surface area contributed by atoms with E-state index < -0.39 is 41.3 Å². The summed E-state index contributed by atoms with van der Waals surface area (Å²) in [5.41, 5.74) is 5.77. The maximum absolute atomic E-state index is 15.0. The van der Waals surface area contributed by atoms with Crippen molar-refractivity contribution in [2.45, 2.75) is 84.0 Å². The Balaban J connectivity index is 1.73. The van der Waals surface area contributed by atoms with Crippen LogP contribution in [-0.4, -0.2) is 45.5 Å². The molecule has 3 aromatic rings. The van der Waals surface area contributed by atoms with Crippen LogP contribution < -0.4 is 16.7 Å². The van der Waals surface area contributed by atoms with Gasteiger partial charge in [-0.2, -0.15) is 0 Å². The monoisotopic (exact) mass is 604 g/mol. The van der Waals surface area contributed by atoms with Crippen LogP contribution in [0.15, 0.2) is 66.9 Å². The third-order valence-corrected chi connectivity index (χ3v) is 8.21. The second-order valence-corrected chi connectivity index (χ2v) is 11.5. The van der Waals surface area contributed by atoms with E-state index >= 15 is 4.79 Å². The van der Waals surface area contributed by atoms with Gasteiger partial charge in [-0.15, -0.1) is 5.10 Å². The van der Waals surface area contributed by atoms with E-state index in [9.17, 15) is 9.59 Å². The molecule has 4 rings (SSSR count). The predicted octanol–water partition coefficient (Wildman–Crippen LogP) is 3.93. The Bertz CT molecular complexity index is 1340. The molecule has 11 nitrogen and oxygen atoms in total. The lowest BCUT2D eigenvalue weighted by Gasteiger charge is -2.36. The van der Waals surface area contributed by atoms with E-state index in [4.69, 9.17) is 15.4 Å². The highest BCUT2D eigenvalue weighted by atomic mass is 16.8. The van der Waals surface area contributed by atoms with Crippen LogP contribution in [0.5, 0.6) is 0 Å². The number of nitrogens with two attached hydrogens (primary N) is 1. The van der Waals surface area contributed by atoms with Crippen molar-refractivity contribution >= 4 is 17.6 Å². The first-order chi connectivity index (χ1) is 21.4. The molecule has 1 aromatic heterocycles. The number of hydrogen-bond acceptors (Lipinski definition) is 8. The Hall–Kier alpha value is -3.93. The van der Waals surface area contributed by atoms with Gasteiger partial charge in [0.2, 0.25) is 11.8 Å². The second-order valence-electron chi connectivity index (χ2n) is 11.5. The fraction of sp³-hybridized carbons (Fsp3) is 0.485. The molecule has 1 aliphatic rings. The number of amides is 2. The van der Waals surface area contributed by atoms with Gasteiger partial charge >= 0.3 is 0 Å². The number of Topliss-reactive ketones (excluding diaryl/α,β-unsaturated/α-hetero) is 1. The number of benzene rings is 2. The molecule has 2 heterocycles. The number of ether oxygens (including phenoxy) is 1. The number of aryl methyl sites for hydroxylation is 2. The zero-order valence-electron chi connectivity index (χ0n) is 25.6. The number of rotatable bonds is 16. The fourth-order valence-corrected chi connectivity index (χ4v) is 5.99. The van der Waals surface area contributed by atoms with Crippen molar-refractivity contribution in [2.24, 2.45) is 17.2 Å². The molecule has 0 aliphatic carbocycles. The lowest BCUT2D eigenvalue weighted by atomic mass is 9.69. The van der Waals surface area contributed by atoms with Gasteiger partial charge in [0.25, 0.3) is 0 Å². The number of hydrazine groups is 1. The van der Waals surface area contributed by atoms with Crippen molar-refractivity contribution in [3.8, 4) is 0 Å². The number of carbonyl (C=O) groups is 3. The van der Waals surface area contributed by atoms with Crippen LogP contribution in [-0.2, 0) is 36.8 Å². The summed E-state index contributed by atoms with van der Waals surface area (Å²) in [6.07, 6.45) is 6.05. The average Bonchev–Trinajstić information content (AvgIpc) is 3.49. The van der Waals surface area contributed by atoms with E-state index in [-0.39, 0.29) is 12.8 Å². The number of nitrogens with one attached hydrogen (secondary N) is 2. The van der Waals surface area contributed by atoms with Gasteiger partial charge in [0.15, 0.2) is 12.1 Å². The molecule has 2 unspecified atom stereocenters. The molecule has 44 heavy (non-hydrogen) atoms. The van der Waals surface area contributed by atoms with Crippen LogP contribution in [0, 0.1) is 18.3 Å². The molecule has 1 aliphatic heterocycles. The molecular formula is C33H44N6O5. The third kappa shape index (κ3) is 8.37. The SMILES string of the molecule is CCCC(Cc1ccccc1)(C(=O)NN)C(=O)[C@@H]([C@H](CCCc1ccccc1)C(=O)NOC1CCCCO1)n1cc(C)nn1. The highest BCUT2D eigenvalue weighted by molar-refractivity contribution is 6.09. The smallest absolute Gasteiger partial charge is 0.249 e. The van der Waals surface area contributed by atoms with Gasteiger partial charge in [-0.3, -0.25) is 19.8 Å². The molecule has 11 heteroatoms. The molecule has 4 N–H and O–H groups in total. The molecule has 0 spiro atoms. The van der Waals surface area contributed by atoms with Crippen LogP contribution in [0.2, 0.25) is 0 Å². The molecule has 1 fully saturated rings. The molecule has 0 radical (unpaired) electrons. The summed E-state index contributed by atoms with van der Waals surface area (Å²) >= 11 is 0. The largest absolute Gasteiger partial charge is 0.350 e. The zero-order chi connectivity index (χ0) is 31.4. The van der Waals surface area contributed by atoms with Gasteiger partial charge in [0.05, 0.1) is 11.6 Å². The molecular weight excluding hydrogens is 560 g/mol. The molecule has 0 saturated carbocycles. The standard InChI is InChI=1S/C33H44N6O5/c1-3-20-33(32(42)35-34,22-26-15-8-5-9-16-26)30(40)29(39-23-24(2)36-38-39)27(18-12-17-25-13-6-4-7-14-25)31(41)37-44-28-19-10-11-21-43-28/h4-9,13-16,23,27-29H,3,10-12,17-22,34H2,1-2H3,(H,35,42)(H,37,41)/t27-,28?,29+,33?/m0/s1.